The summed E-state index contributed by atoms with van der Waals surface area (Å²) in [6.07, 6.45) is 25.0. The molecule has 36 heavy (non-hydrogen) atoms. The molecule has 1 atom stereocenters. The maximum absolute atomic E-state index is 12.5. The number of carbonyl (C=O) groups is 2. The van der Waals surface area contributed by atoms with E-state index in [2.05, 4.69) is 19.9 Å². The third-order valence-electron chi connectivity index (χ3n) is 7.31. The smallest absolute Gasteiger partial charge is 0.313 e. The molecule has 0 saturated carbocycles. The molecule has 0 aromatic heterocycles. The Morgan fingerprint density at radius 3 is 1.56 bits per heavy atom. The Hall–Kier alpha value is -1.58. The lowest BCUT2D eigenvalue weighted by molar-refractivity contribution is -0.147. The molecule has 1 rings (SSSR count). The van der Waals surface area contributed by atoms with Crippen LogP contribution >= 0.6 is 0 Å². The maximum Gasteiger partial charge on any atom is 0.313 e. The standard InChI is InChI=1S/C32H56O4/c1-7-9-11-13-15-16-18-20-23-32(22-19-17-14-12-10-8-2)24-21-28(35-30(33)26(3)4)29(25-32)36-31(34)27(5)6/h21,24,26-27H,7-20,22-23,25H2,1-6H3. The van der Waals surface area contributed by atoms with E-state index in [1.807, 2.05) is 33.8 Å². The molecule has 0 spiro atoms. The molecule has 0 aliphatic heterocycles. The normalized spacial score (nSPS) is 17.8. The zero-order valence-corrected chi connectivity index (χ0v) is 24.5. The van der Waals surface area contributed by atoms with E-state index in [-0.39, 0.29) is 29.2 Å². The van der Waals surface area contributed by atoms with Crippen molar-refractivity contribution in [3.05, 3.63) is 23.7 Å². The number of carbonyl (C=O) groups excluding carboxylic acids is 2. The van der Waals surface area contributed by atoms with Gasteiger partial charge in [-0.05, 0) is 24.3 Å². The largest absolute Gasteiger partial charge is 0.427 e. The molecular weight excluding hydrogens is 448 g/mol. The lowest BCUT2D eigenvalue weighted by Crippen LogP contribution is -2.26. The van der Waals surface area contributed by atoms with Crippen LogP contribution in [0.25, 0.3) is 0 Å². The van der Waals surface area contributed by atoms with Gasteiger partial charge in [-0.15, -0.1) is 0 Å². The maximum atomic E-state index is 12.5. The fourth-order valence-electron chi connectivity index (χ4n) is 4.79. The van der Waals surface area contributed by atoms with Crippen LogP contribution in [0.15, 0.2) is 23.7 Å². The van der Waals surface area contributed by atoms with Crippen LogP contribution in [0.5, 0.6) is 0 Å². The van der Waals surface area contributed by atoms with Crippen molar-refractivity contribution >= 4 is 11.9 Å². The molecule has 1 unspecified atom stereocenters. The highest BCUT2D eigenvalue weighted by Gasteiger charge is 2.35. The molecule has 4 heteroatoms. The number of ether oxygens (including phenoxy) is 2. The second-order valence-corrected chi connectivity index (χ2v) is 11.6. The SMILES string of the molecule is CCCCCCCCCCC1(CCCCCCCC)C=CC(OC(=O)C(C)C)=C(OC(=O)C(C)C)C1. The first-order valence-electron chi connectivity index (χ1n) is 15.1. The highest BCUT2D eigenvalue weighted by Crippen LogP contribution is 2.44. The average molecular weight is 505 g/mol. The van der Waals surface area contributed by atoms with Gasteiger partial charge in [0.15, 0.2) is 11.5 Å². The van der Waals surface area contributed by atoms with E-state index in [4.69, 9.17) is 9.47 Å². The van der Waals surface area contributed by atoms with E-state index in [9.17, 15) is 9.59 Å². The van der Waals surface area contributed by atoms with E-state index in [1.165, 1.54) is 89.9 Å². The van der Waals surface area contributed by atoms with E-state index in [0.717, 1.165) is 12.8 Å². The molecule has 0 heterocycles. The third kappa shape index (κ3) is 13.1. The highest BCUT2D eigenvalue weighted by atomic mass is 16.6. The topological polar surface area (TPSA) is 52.6 Å². The summed E-state index contributed by atoms with van der Waals surface area (Å²) in [7, 11) is 0. The summed E-state index contributed by atoms with van der Waals surface area (Å²) in [4.78, 5) is 24.9. The van der Waals surface area contributed by atoms with Crippen LogP contribution in [0.2, 0.25) is 0 Å². The van der Waals surface area contributed by atoms with Crippen LogP contribution in [-0.4, -0.2) is 11.9 Å². The number of hydrogen-bond donors (Lipinski definition) is 0. The number of hydrogen-bond acceptors (Lipinski definition) is 4. The summed E-state index contributed by atoms with van der Waals surface area (Å²) in [6.45, 7) is 11.8. The van der Waals surface area contributed by atoms with Gasteiger partial charge in [0.05, 0.1) is 11.8 Å². The molecule has 1 aliphatic carbocycles. The van der Waals surface area contributed by atoms with Crippen molar-refractivity contribution < 1.29 is 19.1 Å². The second-order valence-electron chi connectivity index (χ2n) is 11.6. The molecule has 0 fully saturated rings. The predicted octanol–water partition coefficient (Wildman–Crippen LogP) is 9.82. The highest BCUT2D eigenvalue weighted by molar-refractivity contribution is 5.74. The Morgan fingerprint density at radius 1 is 0.694 bits per heavy atom. The van der Waals surface area contributed by atoms with E-state index in [1.54, 1.807) is 0 Å². The molecule has 0 radical (unpaired) electrons. The summed E-state index contributed by atoms with van der Waals surface area (Å²) in [6, 6.07) is 0. The van der Waals surface area contributed by atoms with Gasteiger partial charge in [-0.3, -0.25) is 9.59 Å². The summed E-state index contributed by atoms with van der Waals surface area (Å²) in [5.41, 5.74) is -0.0344. The van der Waals surface area contributed by atoms with Crippen LogP contribution in [0, 0.1) is 17.3 Å². The van der Waals surface area contributed by atoms with Gasteiger partial charge in [-0.25, -0.2) is 0 Å². The Balaban J connectivity index is 2.90. The Labute approximate surface area is 222 Å². The van der Waals surface area contributed by atoms with Crippen LogP contribution in [0.3, 0.4) is 0 Å². The zero-order chi connectivity index (χ0) is 26.8. The molecular formula is C32H56O4. The first-order chi connectivity index (χ1) is 17.2. The van der Waals surface area contributed by atoms with Crippen LogP contribution in [0.1, 0.15) is 151 Å². The van der Waals surface area contributed by atoms with Gasteiger partial charge in [0.25, 0.3) is 0 Å². The van der Waals surface area contributed by atoms with Gasteiger partial charge in [-0.1, -0.05) is 138 Å². The number of esters is 2. The summed E-state index contributed by atoms with van der Waals surface area (Å²) in [5, 5.41) is 0. The van der Waals surface area contributed by atoms with Gasteiger partial charge < -0.3 is 9.47 Å². The number of rotatable bonds is 20. The fraction of sp³-hybridized carbons (Fsp3) is 0.812. The molecule has 1 aliphatic rings. The number of allylic oxidation sites excluding steroid dienone is 3. The van der Waals surface area contributed by atoms with Crippen molar-refractivity contribution in [1.29, 1.82) is 0 Å². The molecule has 0 amide bonds. The minimum absolute atomic E-state index is 0.0344. The molecule has 208 valence electrons. The second kappa shape index (κ2) is 18.6. The lowest BCUT2D eigenvalue weighted by atomic mass is 9.72. The predicted molar refractivity (Wildman–Crippen MR) is 150 cm³/mol. The van der Waals surface area contributed by atoms with Crippen molar-refractivity contribution in [2.75, 3.05) is 0 Å². The van der Waals surface area contributed by atoms with Crippen LogP contribution in [0.4, 0.5) is 0 Å². The number of unbranched alkanes of at least 4 members (excludes halogenated alkanes) is 12. The van der Waals surface area contributed by atoms with Crippen molar-refractivity contribution in [1.82, 2.24) is 0 Å². The summed E-state index contributed by atoms with van der Waals surface area (Å²) in [5.74, 6) is -0.0719. The summed E-state index contributed by atoms with van der Waals surface area (Å²) < 4.78 is 11.5. The molecule has 0 N–H and O–H groups in total. The fourth-order valence-corrected chi connectivity index (χ4v) is 4.79. The van der Waals surface area contributed by atoms with Gasteiger partial charge in [0.2, 0.25) is 0 Å². The minimum Gasteiger partial charge on any atom is -0.427 e. The van der Waals surface area contributed by atoms with Crippen molar-refractivity contribution in [3.8, 4) is 0 Å². The first kappa shape index (κ1) is 32.4. The molecule has 0 aromatic rings. The average Bonchev–Trinajstić information content (AvgIpc) is 2.84. The van der Waals surface area contributed by atoms with E-state index in [0.29, 0.717) is 17.9 Å². The third-order valence-corrected chi connectivity index (χ3v) is 7.31. The van der Waals surface area contributed by atoms with E-state index >= 15 is 0 Å². The van der Waals surface area contributed by atoms with Crippen LogP contribution < -0.4 is 0 Å². The molecule has 0 saturated heterocycles. The van der Waals surface area contributed by atoms with Crippen molar-refractivity contribution in [2.45, 2.75) is 151 Å². The summed E-state index contributed by atoms with van der Waals surface area (Å²) >= 11 is 0. The van der Waals surface area contributed by atoms with Crippen molar-refractivity contribution in [3.63, 3.8) is 0 Å². The van der Waals surface area contributed by atoms with Gasteiger partial charge >= 0.3 is 11.9 Å². The molecule has 4 nitrogen and oxygen atoms in total. The van der Waals surface area contributed by atoms with Crippen LogP contribution in [-0.2, 0) is 19.1 Å². The zero-order valence-electron chi connectivity index (χ0n) is 24.5. The lowest BCUT2D eigenvalue weighted by Gasteiger charge is -2.35. The minimum atomic E-state index is -0.292. The Morgan fingerprint density at radius 2 is 1.11 bits per heavy atom. The Bertz CT molecular complexity index is 688. The molecule has 0 bridgehead atoms. The Kier molecular flexibility index (Phi) is 16.8. The van der Waals surface area contributed by atoms with Gasteiger partial charge in [-0.2, -0.15) is 0 Å². The quantitative estimate of drug-likeness (QED) is 0.122. The van der Waals surface area contributed by atoms with Gasteiger partial charge in [0, 0.05) is 6.42 Å². The first-order valence-corrected chi connectivity index (χ1v) is 15.1. The van der Waals surface area contributed by atoms with Gasteiger partial charge in [0.1, 0.15) is 0 Å². The monoisotopic (exact) mass is 504 g/mol. The van der Waals surface area contributed by atoms with Crippen molar-refractivity contribution in [2.24, 2.45) is 17.3 Å². The van der Waals surface area contributed by atoms with E-state index < -0.39 is 0 Å². The molecule has 0 aromatic carbocycles.